The summed E-state index contributed by atoms with van der Waals surface area (Å²) in [4.78, 5) is 16.2. The van der Waals surface area contributed by atoms with Gasteiger partial charge in [0.15, 0.2) is 0 Å². The summed E-state index contributed by atoms with van der Waals surface area (Å²) < 4.78 is 5.32. The maximum absolute atomic E-state index is 12.5. The van der Waals surface area contributed by atoms with Gasteiger partial charge in [-0.3, -0.25) is 9.69 Å². The number of carbonyl (C=O) groups is 1. The first-order valence-electron chi connectivity index (χ1n) is 8.54. The zero-order valence-corrected chi connectivity index (χ0v) is 15.9. The number of hydrogen-bond donors (Lipinski definition) is 1. The average Bonchev–Trinajstić information content (AvgIpc) is 3.29. The van der Waals surface area contributed by atoms with Crippen molar-refractivity contribution in [3.63, 3.8) is 0 Å². The number of nitrogens with zero attached hydrogens (tertiary/aromatic N) is 1. The summed E-state index contributed by atoms with van der Waals surface area (Å²) in [5, 5.41) is 5.80. The Bertz CT molecular complexity index is 699. The largest absolute Gasteiger partial charge is 0.496 e. The van der Waals surface area contributed by atoms with Crippen LogP contribution in [0.4, 0.5) is 0 Å². The van der Waals surface area contributed by atoms with Gasteiger partial charge in [-0.25, -0.2) is 0 Å². The van der Waals surface area contributed by atoms with Crippen LogP contribution in [0.25, 0.3) is 0 Å². The van der Waals surface area contributed by atoms with Gasteiger partial charge >= 0.3 is 0 Å². The molecule has 0 bridgehead atoms. The van der Waals surface area contributed by atoms with Crippen molar-refractivity contribution in [3.05, 3.63) is 51.2 Å². The van der Waals surface area contributed by atoms with E-state index in [-0.39, 0.29) is 18.4 Å². The first-order valence-corrected chi connectivity index (χ1v) is 9.79. The molecule has 2 aromatic rings. The summed E-state index contributed by atoms with van der Waals surface area (Å²) in [6.45, 7) is 2.82. The average molecular weight is 379 g/mol. The number of nitrogens with one attached hydrogen (secondary N) is 1. The van der Waals surface area contributed by atoms with E-state index in [4.69, 9.17) is 16.3 Å². The Morgan fingerprint density at radius 3 is 2.84 bits per heavy atom. The molecular weight excluding hydrogens is 356 g/mol. The zero-order chi connectivity index (χ0) is 17.6. The number of amides is 1. The van der Waals surface area contributed by atoms with Crippen LogP contribution in [-0.4, -0.2) is 37.6 Å². The highest BCUT2D eigenvalue weighted by molar-refractivity contribution is 7.10. The molecule has 0 saturated carbocycles. The molecule has 1 aromatic heterocycles. The van der Waals surface area contributed by atoms with Gasteiger partial charge < -0.3 is 10.1 Å². The summed E-state index contributed by atoms with van der Waals surface area (Å²) >= 11 is 7.80. The molecule has 1 aliphatic rings. The van der Waals surface area contributed by atoms with E-state index in [1.165, 1.54) is 17.7 Å². The summed E-state index contributed by atoms with van der Waals surface area (Å²) in [6, 6.07) is 9.83. The van der Waals surface area contributed by atoms with Gasteiger partial charge in [0.05, 0.1) is 19.6 Å². The van der Waals surface area contributed by atoms with Gasteiger partial charge in [0.2, 0.25) is 5.91 Å². The summed E-state index contributed by atoms with van der Waals surface area (Å²) in [5.74, 6) is 0.676. The van der Waals surface area contributed by atoms with Crippen LogP contribution >= 0.6 is 22.9 Å². The Morgan fingerprint density at radius 2 is 2.16 bits per heavy atom. The fraction of sp³-hybridized carbons (Fsp3) is 0.421. The van der Waals surface area contributed by atoms with E-state index in [2.05, 4.69) is 27.7 Å². The highest BCUT2D eigenvalue weighted by atomic mass is 35.5. The van der Waals surface area contributed by atoms with Crippen molar-refractivity contribution in [2.75, 3.05) is 26.7 Å². The molecule has 1 N–H and O–H groups in total. The lowest BCUT2D eigenvalue weighted by Gasteiger charge is -2.27. The number of methoxy groups -OCH3 is 1. The molecule has 4 nitrogen and oxygen atoms in total. The summed E-state index contributed by atoms with van der Waals surface area (Å²) in [7, 11) is 1.60. The molecule has 0 radical (unpaired) electrons. The second-order valence-corrected chi connectivity index (χ2v) is 7.63. The minimum Gasteiger partial charge on any atom is -0.496 e. The Balaban J connectivity index is 1.63. The molecule has 1 saturated heterocycles. The molecule has 1 amide bonds. The smallest absolute Gasteiger partial charge is 0.224 e. The van der Waals surface area contributed by atoms with E-state index < -0.39 is 0 Å². The quantitative estimate of drug-likeness (QED) is 0.794. The molecule has 25 heavy (non-hydrogen) atoms. The normalized spacial score (nSPS) is 15.9. The molecule has 0 spiro atoms. The molecule has 1 aliphatic heterocycles. The van der Waals surface area contributed by atoms with Gasteiger partial charge in [0.25, 0.3) is 0 Å². The minimum atomic E-state index is -0.0127. The van der Waals surface area contributed by atoms with E-state index in [9.17, 15) is 4.79 Å². The van der Waals surface area contributed by atoms with E-state index in [0.29, 0.717) is 17.3 Å². The third-order valence-corrected chi connectivity index (χ3v) is 5.75. The summed E-state index contributed by atoms with van der Waals surface area (Å²) in [6.07, 6.45) is 2.73. The molecule has 3 rings (SSSR count). The van der Waals surface area contributed by atoms with Crippen LogP contribution < -0.4 is 10.1 Å². The Hall–Kier alpha value is -1.56. The monoisotopic (exact) mass is 378 g/mol. The maximum Gasteiger partial charge on any atom is 0.224 e. The van der Waals surface area contributed by atoms with Crippen molar-refractivity contribution in [3.8, 4) is 5.75 Å². The van der Waals surface area contributed by atoms with Crippen LogP contribution in [0.3, 0.4) is 0 Å². The molecule has 6 heteroatoms. The van der Waals surface area contributed by atoms with Crippen molar-refractivity contribution in [2.24, 2.45) is 0 Å². The van der Waals surface area contributed by atoms with E-state index in [1.54, 1.807) is 36.6 Å². The second kappa shape index (κ2) is 8.70. The van der Waals surface area contributed by atoms with E-state index >= 15 is 0 Å². The van der Waals surface area contributed by atoms with E-state index in [1.807, 2.05) is 0 Å². The van der Waals surface area contributed by atoms with Gasteiger partial charge in [-0.15, -0.1) is 11.3 Å². The molecular formula is C19H23ClN2O2S. The lowest BCUT2D eigenvalue weighted by molar-refractivity contribution is -0.120. The van der Waals surface area contributed by atoms with Gasteiger partial charge in [-0.2, -0.15) is 0 Å². The topological polar surface area (TPSA) is 41.6 Å². The maximum atomic E-state index is 12.5. The van der Waals surface area contributed by atoms with Crippen molar-refractivity contribution in [1.82, 2.24) is 10.2 Å². The SMILES string of the molecule is COc1ccc(Cl)cc1CC(=O)NCC(c1cccs1)N1CCCC1. The molecule has 1 aromatic carbocycles. The van der Waals surface area contributed by atoms with Crippen LogP contribution in [-0.2, 0) is 11.2 Å². The third-order valence-electron chi connectivity index (χ3n) is 4.54. The Morgan fingerprint density at radius 1 is 1.36 bits per heavy atom. The Kier molecular flexibility index (Phi) is 6.34. The van der Waals surface area contributed by atoms with Crippen molar-refractivity contribution < 1.29 is 9.53 Å². The molecule has 1 fully saturated rings. The fourth-order valence-electron chi connectivity index (χ4n) is 3.28. The highest BCUT2D eigenvalue weighted by Crippen LogP contribution is 2.28. The molecule has 1 unspecified atom stereocenters. The highest BCUT2D eigenvalue weighted by Gasteiger charge is 2.24. The van der Waals surface area contributed by atoms with Crippen molar-refractivity contribution in [2.45, 2.75) is 25.3 Å². The number of carbonyl (C=O) groups excluding carboxylic acids is 1. The van der Waals surface area contributed by atoms with Gasteiger partial charge in [-0.1, -0.05) is 17.7 Å². The standard InChI is InChI=1S/C19H23ClN2O2S/c1-24-17-7-6-15(20)11-14(17)12-19(23)21-13-16(18-5-4-10-25-18)22-8-2-3-9-22/h4-7,10-11,16H,2-3,8-9,12-13H2,1H3,(H,21,23). The molecule has 134 valence electrons. The molecule has 0 aliphatic carbocycles. The lowest BCUT2D eigenvalue weighted by Crippen LogP contribution is -2.37. The zero-order valence-electron chi connectivity index (χ0n) is 14.3. The van der Waals surface area contributed by atoms with Gasteiger partial charge in [-0.05, 0) is 55.6 Å². The number of halogens is 1. The number of ether oxygens (including phenoxy) is 1. The Labute approximate surface area is 157 Å². The predicted molar refractivity (Wildman–Crippen MR) is 103 cm³/mol. The first kappa shape index (κ1) is 18.2. The molecule has 2 heterocycles. The van der Waals surface area contributed by atoms with Crippen LogP contribution in [0.15, 0.2) is 35.7 Å². The first-order chi connectivity index (χ1) is 12.2. The van der Waals surface area contributed by atoms with Crippen molar-refractivity contribution >= 4 is 28.8 Å². The van der Waals surface area contributed by atoms with Crippen LogP contribution in [0, 0.1) is 0 Å². The predicted octanol–water partition coefficient (Wildman–Crippen LogP) is 3.91. The van der Waals surface area contributed by atoms with Crippen LogP contribution in [0.5, 0.6) is 5.75 Å². The number of benzene rings is 1. The van der Waals surface area contributed by atoms with Crippen LogP contribution in [0.1, 0.15) is 29.3 Å². The van der Waals surface area contributed by atoms with Gasteiger partial charge in [0, 0.05) is 22.0 Å². The number of rotatable bonds is 7. The van der Waals surface area contributed by atoms with Crippen molar-refractivity contribution in [1.29, 1.82) is 0 Å². The lowest BCUT2D eigenvalue weighted by atomic mass is 10.1. The number of likely N-dealkylation sites (tertiary alicyclic amines) is 1. The van der Waals surface area contributed by atoms with Gasteiger partial charge in [0.1, 0.15) is 5.75 Å². The van der Waals surface area contributed by atoms with E-state index in [0.717, 1.165) is 18.7 Å². The third kappa shape index (κ3) is 4.75. The number of hydrogen-bond acceptors (Lipinski definition) is 4. The number of thiophene rings is 1. The summed E-state index contributed by atoms with van der Waals surface area (Å²) in [5.41, 5.74) is 0.807. The van der Waals surface area contributed by atoms with Crippen LogP contribution in [0.2, 0.25) is 5.02 Å². The minimum absolute atomic E-state index is 0.0127. The second-order valence-electron chi connectivity index (χ2n) is 6.21. The fourth-order valence-corrected chi connectivity index (χ4v) is 4.33. The molecule has 1 atom stereocenters.